The molecule has 0 aliphatic carbocycles. The van der Waals surface area contributed by atoms with E-state index in [2.05, 4.69) is 26.2 Å². The van der Waals surface area contributed by atoms with Gasteiger partial charge >= 0.3 is 0 Å². The van der Waals surface area contributed by atoms with Crippen molar-refractivity contribution in [2.45, 2.75) is 20.1 Å². The van der Waals surface area contributed by atoms with Gasteiger partial charge in [0.1, 0.15) is 5.82 Å². The van der Waals surface area contributed by atoms with Crippen LogP contribution >= 0.6 is 15.9 Å². The molecule has 0 atom stereocenters. The summed E-state index contributed by atoms with van der Waals surface area (Å²) in [5.74, 6) is 0.848. The monoisotopic (exact) mass is 306 g/mol. The second-order valence-corrected chi connectivity index (χ2v) is 4.91. The maximum atomic E-state index is 8.97. The molecule has 0 bridgehead atoms. The molecule has 0 amide bonds. The van der Waals surface area contributed by atoms with Crippen molar-refractivity contribution in [3.05, 3.63) is 57.7 Å². The molecule has 1 aromatic carbocycles. The highest BCUT2D eigenvalue weighted by Gasteiger charge is 2.03. The van der Waals surface area contributed by atoms with Crippen LogP contribution in [0.1, 0.15) is 16.7 Å². The standard InChI is InChI=1S/C14H15BrN2O/c1-10-6-7-16-14(13(10)15)17-8-11-2-4-12(9-18)5-3-11/h2-7,18H,8-9H2,1H3,(H,16,17). The van der Waals surface area contributed by atoms with Crippen molar-refractivity contribution in [1.29, 1.82) is 0 Å². The van der Waals surface area contributed by atoms with Crippen LogP contribution in [-0.4, -0.2) is 10.1 Å². The van der Waals surface area contributed by atoms with Gasteiger partial charge in [0.15, 0.2) is 0 Å². The first-order valence-corrected chi connectivity index (χ1v) is 6.53. The van der Waals surface area contributed by atoms with Crippen molar-refractivity contribution < 1.29 is 5.11 Å². The molecule has 0 spiro atoms. The summed E-state index contributed by atoms with van der Waals surface area (Å²) in [4.78, 5) is 4.29. The van der Waals surface area contributed by atoms with Gasteiger partial charge in [0.05, 0.1) is 11.1 Å². The summed E-state index contributed by atoms with van der Waals surface area (Å²) >= 11 is 3.52. The van der Waals surface area contributed by atoms with Crippen LogP contribution in [-0.2, 0) is 13.2 Å². The van der Waals surface area contributed by atoms with Gasteiger partial charge in [-0.25, -0.2) is 4.98 Å². The van der Waals surface area contributed by atoms with Crippen molar-refractivity contribution in [3.63, 3.8) is 0 Å². The third-order valence-electron chi connectivity index (χ3n) is 2.75. The molecule has 1 heterocycles. The Hall–Kier alpha value is -1.39. The van der Waals surface area contributed by atoms with Gasteiger partial charge in [-0.3, -0.25) is 0 Å². The van der Waals surface area contributed by atoms with E-state index in [1.54, 1.807) is 6.20 Å². The summed E-state index contributed by atoms with van der Waals surface area (Å²) < 4.78 is 0.997. The van der Waals surface area contributed by atoms with E-state index in [1.807, 2.05) is 37.3 Å². The number of anilines is 1. The van der Waals surface area contributed by atoms with Crippen molar-refractivity contribution >= 4 is 21.7 Å². The Balaban J connectivity index is 2.04. The van der Waals surface area contributed by atoms with E-state index in [0.717, 1.165) is 27.0 Å². The van der Waals surface area contributed by atoms with E-state index in [-0.39, 0.29) is 6.61 Å². The lowest BCUT2D eigenvalue weighted by atomic mass is 10.1. The predicted octanol–water partition coefficient (Wildman–Crippen LogP) is 3.26. The molecule has 4 heteroatoms. The van der Waals surface area contributed by atoms with Crippen LogP contribution in [0, 0.1) is 6.92 Å². The Morgan fingerprint density at radius 2 is 1.83 bits per heavy atom. The Morgan fingerprint density at radius 1 is 1.17 bits per heavy atom. The molecule has 18 heavy (non-hydrogen) atoms. The third kappa shape index (κ3) is 3.09. The molecule has 0 saturated heterocycles. The van der Waals surface area contributed by atoms with E-state index >= 15 is 0 Å². The number of benzene rings is 1. The fraction of sp³-hybridized carbons (Fsp3) is 0.214. The zero-order valence-corrected chi connectivity index (χ0v) is 11.7. The molecule has 0 aliphatic heterocycles. The molecule has 0 radical (unpaired) electrons. The topological polar surface area (TPSA) is 45.2 Å². The van der Waals surface area contributed by atoms with Crippen LogP contribution in [0.3, 0.4) is 0 Å². The van der Waals surface area contributed by atoms with Crippen LogP contribution < -0.4 is 5.32 Å². The predicted molar refractivity (Wildman–Crippen MR) is 76.4 cm³/mol. The van der Waals surface area contributed by atoms with Gasteiger partial charge in [-0.05, 0) is 45.6 Å². The average molecular weight is 307 g/mol. The normalized spacial score (nSPS) is 10.4. The SMILES string of the molecule is Cc1ccnc(NCc2ccc(CO)cc2)c1Br. The molecule has 0 aliphatic rings. The highest BCUT2D eigenvalue weighted by atomic mass is 79.9. The van der Waals surface area contributed by atoms with Gasteiger partial charge in [-0.15, -0.1) is 0 Å². The lowest BCUT2D eigenvalue weighted by Crippen LogP contribution is -2.02. The first-order valence-electron chi connectivity index (χ1n) is 5.74. The average Bonchev–Trinajstić information content (AvgIpc) is 2.41. The molecular weight excluding hydrogens is 292 g/mol. The van der Waals surface area contributed by atoms with Gasteiger partial charge in [-0.2, -0.15) is 0 Å². The molecule has 3 nitrogen and oxygen atoms in total. The van der Waals surface area contributed by atoms with E-state index in [9.17, 15) is 0 Å². The Kier molecular flexibility index (Phi) is 4.33. The molecule has 2 rings (SSSR count). The number of aryl methyl sites for hydroxylation is 1. The molecule has 94 valence electrons. The number of aliphatic hydroxyl groups is 1. The molecule has 0 saturated carbocycles. The Labute approximate surface area is 115 Å². The molecule has 2 aromatic rings. The first kappa shape index (κ1) is 13.1. The number of hydrogen-bond acceptors (Lipinski definition) is 3. The third-order valence-corrected chi connectivity index (χ3v) is 3.75. The van der Waals surface area contributed by atoms with Crippen molar-refractivity contribution in [2.75, 3.05) is 5.32 Å². The fourth-order valence-corrected chi connectivity index (χ4v) is 1.99. The van der Waals surface area contributed by atoms with Crippen LogP contribution in [0.25, 0.3) is 0 Å². The minimum absolute atomic E-state index is 0.0820. The molecule has 0 fully saturated rings. The summed E-state index contributed by atoms with van der Waals surface area (Å²) in [6.07, 6.45) is 1.79. The number of aromatic nitrogens is 1. The van der Waals surface area contributed by atoms with Gasteiger partial charge in [0.2, 0.25) is 0 Å². The maximum absolute atomic E-state index is 8.97. The minimum Gasteiger partial charge on any atom is -0.392 e. The number of halogens is 1. The van der Waals surface area contributed by atoms with E-state index in [0.29, 0.717) is 6.54 Å². The number of aliphatic hydroxyl groups excluding tert-OH is 1. The van der Waals surface area contributed by atoms with Crippen LogP contribution in [0.15, 0.2) is 41.0 Å². The van der Waals surface area contributed by atoms with Gasteiger partial charge in [0.25, 0.3) is 0 Å². The van der Waals surface area contributed by atoms with Crippen molar-refractivity contribution in [2.24, 2.45) is 0 Å². The number of rotatable bonds is 4. The zero-order chi connectivity index (χ0) is 13.0. The van der Waals surface area contributed by atoms with Crippen LogP contribution in [0.4, 0.5) is 5.82 Å². The highest BCUT2D eigenvalue weighted by molar-refractivity contribution is 9.10. The number of pyridine rings is 1. The first-order chi connectivity index (χ1) is 8.70. The number of nitrogens with one attached hydrogen (secondary N) is 1. The summed E-state index contributed by atoms with van der Waals surface area (Å²) in [5.41, 5.74) is 3.24. The second kappa shape index (κ2) is 5.98. The van der Waals surface area contributed by atoms with Gasteiger partial charge < -0.3 is 10.4 Å². The van der Waals surface area contributed by atoms with Gasteiger partial charge in [-0.1, -0.05) is 24.3 Å². The Morgan fingerprint density at radius 3 is 2.50 bits per heavy atom. The quantitative estimate of drug-likeness (QED) is 0.911. The molecule has 1 aromatic heterocycles. The summed E-state index contributed by atoms with van der Waals surface area (Å²) in [6, 6.07) is 9.82. The lowest BCUT2D eigenvalue weighted by Gasteiger charge is -2.09. The lowest BCUT2D eigenvalue weighted by molar-refractivity contribution is 0.282. The fourth-order valence-electron chi connectivity index (χ4n) is 1.61. The zero-order valence-electron chi connectivity index (χ0n) is 10.2. The largest absolute Gasteiger partial charge is 0.392 e. The minimum atomic E-state index is 0.0820. The van der Waals surface area contributed by atoms with Crippen LogP contribution in [0.5, 0.6) is 0 Å². The molecule has 0 unspecified atom stereocenters. The Bertz CT molecular complexity index is 526. The van der Waals surface area contributed by atoms with E-state index < -0.39 is 0 Å². The maximum Gasteiger partial charge on any atom is 0.140 e. The van der Waals surface area contributed by atoms with Crippen molar-refractivity contribution in [3.8, 4) is 0 Å². The molecule has 2 N–H and O–H groups in total. The van der Waals surface area contributed by atoms with E-state index in [4.69, 9.17) is 5.11 Å². The molecular formula is C14H15BrN2O. The second-order valence-electron chi connectivity index (χ2n) is 4.12. The summed E-state index contributed by atoms with van der Waals surface area (Å²) in [7, 11) is 0. The highest BCUT2D eigenvalue weighted by Crippen LogP contribution is 2.23. The smallest absolute Gasteiger partial charge is 0.140 e. The number of nitrogens with zero attached hydrogens (tertiary/aromatic N) is 1. The van der Waals surface area contributed by atoms with Crippen LogP contribution in [0.2, 0.25) is 0 Å². The van der Waals surface area contributed by atoms with Crippen molar-refractivity contribution in [1.82, 2.24) is 4.98 Å². The number of hydrogen-bond donors (Lipinski definition) is 2. The van der Waals surface area contributed by atoms with Gasteiger partial charge in [0, 0.05) is 12.7 Å². The summed E-state index contributed by atoms with van der Waals surface area (Å²) in [5, 5.41) is 12.3. The summed E-state index contributed by atoms with van der Waals surface area (Å²) in [6.45, 7) is 2.83. The van der Waals surface area contributed by atoms with E-state index in [1.165, 1.54) is 0 Å².